The van der Waals surface area contributed by atoms with Crippen LogP contribution < -0.4 is 5.73 Å². The van der Waals surface area contributed by atoms with E-state index in [-0.39, 0.29) is 25.0 Å². The van der Waals surface area contributed by atoms with Crippen molar-refractivity contribution in [2.45, 2.75) is 19.1 Å². The molecule has 0 heterocycles. The molecule has 0 spiro atoms. The van der Waals surface area contributed by atoms with Gasteiger partial charge < -0.3 is 10.5 Å². The molecule has 0 saturated carbocycles. The first-order chi connectivity index (χ1) is 11.2. The highest BCUT2D eigenvalue weighted by Crippen LogP contribution is 2.19. The molecular weight excluding hydrogens is 322 g/mol. The Kier molecular flexibility index (Phi) is 6.36. The van der Waals surface area contributed by atoms with Gasteiger partial charge in [-0.25, -0.2) is 0 Å². The molecule has 3 rings (SSSR count). The van der Waals surface area contributed by atoms with Gasteiger partial charge in [0.15, 0.2) is 0 Å². The highest BCUT2D eigenvalue weighted by molar-refractivity contribution is 5.86. The summed E-state index contributed by atoms with van der Waals surface area (Å²) in [6.07, 6.45) is 0.467. The van der Waals surface area contributed by atoms with E-state index in [1.54, 1.807) is 0 Å². The van der Waals surface area contributed by atoms with Gasteiger partial charge in [0.25, 0.3) is 0 Å². The quantitative estimate of drug-likeness (QED) is 0.717. The Morgan fingerprint density at radius 3 is 2.38 bits per heavy atom. The molecule has 0 bridgehead atoms. The zero-order valence-corrected chi connectivity index (χ0v) is 14.0. The molecule has 3 nitrogen and oxygen atoms in total. The second-order valence-electron chi connectivity index (χ2n) is 5.54. The van der Waals surface area contributed by atoms with E-state index in [0.717, 1.165) is 21.9 Å². The standard InChI is InChI=1S/C20H19NO2.ClH/c21-19(20(22)23-14-15-7-2-1-3-8-15)13-17-11-6-10-16-9-4-5-12-18(16)17;/h1-12,19H,13-14,21H2;1H/t19-;/m0./s1. The van der Waals surface area contributed by atoms with Crippen molar-refractivity contribution in [3.8, 4) is 0 Å². The lowest BCUT2D eigenvalue weighted by atomic mass is 9.99. The number of ether oxygens (including phenoxy) is 1. The number of benzene rings is 3. The van der Waals surface area contributed by atoms with Gasteiger partial charge in [0.05, 0.1) is 0 Å². The van der Waals surface area contributed by atoms with Crippen LogP contribution in [0.25, 0.3) is 10.8 Å². The Morgan fingerprint density at radius 1 is 0.917 bits per heavy atom. The fourth-order valence-corrected chi connectivity index (χ4v) is 2.63. The molecule has 2 N–H and O–H groups in total. The fraction of sp³-hybridized carbons (Fsp3) is 0.150. The maximum absolute atomic E-state index is 12.1. The van der Waals surface area contributed by atoms with Gasteiger partial charge in [-0.2, -0.15) is 0 Å². The maximum atomic E-state index is 12.1. The van der Waals surface area contributed by atoms with Crippen LogP contribution in [-0.2, 0) is 22.6 Å². The van der Waals surface area contributed by atoms with Crippen LogP contribution >= 0.6 is 12.4 Å². The van der Waals surface area contributed by atoms with Crippen molar-refractivity contribution in [1.29, 1.82) is 0 Å². The lowest BCUT2D eigenvalue weighted by Crippen LogP contribution is -2.34. The number of esters is 1. The van der Waals surface area contributed by atoms with Gasteiger partial charge >= 0.3 is 5.97 Å². The molecule has 4 heteroatoms. The van der Waals surface area contributed by atoms with Crippen LogP contribution in [0.1, 0.15) is 11.1 Å². The van der Waals surface area contributed by atoms with Crippen molar-refractivity contribution in [3.05, 3.63) is 83.9 Å². The molecule has 3 aromatic rings. The molecule has 3 aromatic carbocycles. The molecule has 1 atom stereocenters. The molecular formula is C20H20ClNO2. The topological polar surface area (TPSA) is 52.3 Å². The minimum Gasteiger partial charge on any atom is -0.460 e. The molecule has 24 heavy (non-hydrogen) atoms. The summed E-state index contributed by atoms with van der Waals surface area (Å²) in [5.74, 6) is -0.373. The largest absolute Gasteiger partial charge is 0.460 e. The Bertz CT molecular complexity index is 800. The summed E-state index contributed by atoms with van der Waals surface area (Å²) in [5, 5.41) is 2.27. The van der Waals surface area contributed by atoms with Crippen LogP contribution in [0.4, 0.5) is 0 Å². The van der Waals surface area contributed by atoms with Crippen molar-refractivity contribution in [2.24, 2.45) is 5.73 Å². The Balaban J connectivity index is 0.00000208. The van der Waals surface area contributed by atoms with E-state index < -0.39 is 6.04 Å². The third-order valence-corrected chi connectivity index (χ3v) is 3.85. The van der Waals surface area contributed by atoms with E-state index in [0.29, 0.717) is 6.42 Å². The van der Waals surface area contributed by atoms with Crippen molar-refractivity contribution in [1.82, 2.24) is 0 Å². The molecule has 0 amide bonds. The van der Waals surface area contributed by atoms with E-state index in [1.165, 1.54) is 0 Å². The molecule has 0 unspecified atom stereocenters. The van der Waals surface area contributed by atoms with Crippen LogP contribution in [0.5, 0.6) is 0 Å². The van der Waals surface area contributed by atoms with Crippen molar-refractivity contribution >= 4 is 29.1 Å². The van der Waals surface area contributed by atoms with Crippen molar-refractivity contribution in [3.63, 3.8) is 0 Å². The van der Waals surface area contributed by atoms with Crippen LogP contribution in [-0.4, -0.2) is 12.0 Å². The lowest BCUT2D eigenvalue weighted by Gasteiger charge is -2.13. The fourth-order valence-electron chi connectivity index (χ4n) is 2.63. The average Bonchev–Trinajstić information content (AvgIpc) is 2.61. The molecule has 0 aliphatic rings. The highest BCUT2D eigenvalue weighted by Gasteiger charge is 2.17. The molecule has 0 saturated heterocycles. The summed E-state index contributed by atoms with van der Waals surface area (Å²) >= 11 is 0. The highest BCUT2D eigenvalue weighted by atomic mass is 35.5. The third-order valence-electron chi connectivity index (χ3n) is 3.85. The molecule has 0 fully saturated rings. The molecule has 0 aliphatic carbocycles. The first-order valence-electron chi connectivity index (χ1n) is 7.67. The summed E-state index contributed by atoms with van der Waals surface area (Å²) in [6, 6.07) is 23.1. The molecule has 124 valence electrons. The number of hydrogen-bond acceptors (Lipinski definition) is 3. The zero-order chi connectivity index (χ0) is 16.1. The monoisotopic (exact) mass is 341 g/mol. The van der Waals surface area contributed by atoms with Crippen LogP contribution in [0, 0.1) is 0 Å². The Labute approximate surface area is 147 Å². The second kappa shape index (κ2) is 8.48. The summed E-state index contributed by atoms with van der Waals surface area (Å²) in [5.41, 5.74) is 8.05. The number of carbonyl (C=O) groups excluding carboxylic acids is 1. The first-order valence-corrected chi connectivity index (χ1v) is 7.67. The maximum Gasteiger partial charge on any atom is 0.323 e. The smallest absolute Gasteiger partial charge is 0.323 e. The summed E-state index contributed by atoms with van der Waals surface area (Å²) in [6.45, 7) is 0.253. The predicted molar refractivity (Wildman–Crippen MR) is 99.1 cm³/mol. The third kappa shape index (κ3) is 4.34. The van der Waals surface area contributed by atoms with Crippen molar-refractivity contribution < 1.29 is 9.53 Å². The Morgan fingerprint density at radius 2 is 1.58 bits per heavy atom. The number of halogens is 1. The number of nitrogens with two attached hydrogens (primary N) is 1. The van der Waals surface area contributed by atoms with Gasteiger partial charge in [-0.05, 0) is 28.3 Å². The second-order valence-corrected chi connectivity index (χ2v) is 5.54. The average molecular weight is 342 g/mol. The van der Waals surface area contributed by atoms with E-state index in [9.17, 15) is 4.79 Å². The first kappa shape index (κ1) is 18.0. The van der Waals surface area contributed by atoms with Gasteiger partial charge in [0.2, 0.25) is 0 Å². The normalized spacial score (nSPS) is 11.5. The SMILES string of the molecule is Cl.N[C@@H](Cc1cccc2ccccc12)C(=O)OCc1ccccc1. The van der Waals surface area contributed by atoms with Gasteiger partial charge in [-0.3, -0.25) is 4.79 Å². The van der Waals surface area contributed by atoms with Crippen LogP contribution in [0.15, 0.2) is 72.8 Å². The van der Waals surface area contributed by atoms with E-state index >= 15 is 0 Å². The minimum atomic E-state index is -0.662. The summed E-state index contributed by atoms with van der Waals surface area (Å²) in [4.78, 5) is 12.1. The predicted octanol–water partition coefficient (Wildman–Crippen LogP) is 3.87. The summed E-state index contributed by atoms with van der Waals surface area (Å²) < 4.78 is 5.31. The zero-order valence-electron chi connectivity index (χ0n) is 13.2. The van der Waals surface area contributed by atoms with Gasteiger partial charge in [0.1, 0.15) is 12.6 Å². The van der Waals surface area contributed by atoms with E-state index in [2.05, 4.69) is 12.1 Å². The molecule has 0 radical (unpaired) electrons. The van der Waals surface area contributed by atoms with Crippen LogP contribution in [0.2, 0.25) is 0 Å². The van der Waals surface area contributed by atoms with Gasteiger partial charge in [-0.15, -0.1) is 12.4 Å². The Hall–Kier alpha value is -2.36. The van der Waals surface area contributed by atoms with Gasteiger partial charge in [0, 0.05) is 0 Å². The molecule has 0 aromatic heterocycles. The van der Waals surface area contributed by atoms with Crippen molar-refractivity contribution in [2.75, 3.05) is 0 Å². The summed E-state index contributed by atoms with van der Waals surface area (Å²) in [7, 11) is 0. The van der Waals surface area contributed by atoms with Crippen LogP contribution in [0.3, 0.4) is 0 Å². The van der Waals surface area contributed by atoms with Gasteiger partial charge in [-0.1, -0.05) is 72.8 Å². The number of hydrogen-bond donors (Lipinski definition) is 1. The lowest BCUT2D eigenvalue weighted by molar-refractivity contribution is -0.146. The van der Waals surface area contributed by atoms with E-state index in [1.807, 2.05) is 60.7 Å². The van der Waals surface area contributed by atoms with E-state index in [4.69, 9.17) is 10.5 Å². The minimum absolute atomic E-state index is 0. The number of carbonyl (C=O) groups is 1. The number of rotatable bonds is 5. The number of fused-ring (bicyclic) bond motifs is 1. The molecule has 0 aliphatic heterocycles.